The minimum absolute atomic E-state index is 0.128. The van der Waals surface area contributed by atoms with Gasteiger partial charge in [-0.15, -0.1) is 20.4 Å². The first-order valence-corrected chi connectivity index (χ1v) is 8.61. The predicted octanol–water partition coefficient (Wildman–Crippen LogP) is 3.28. The van der Waals surface area contributed by atoms with Gasteiger partial charge in [0, 0.05) is 0 Å². The number of thioether (sulfide) groups is 1. The van der Waals surface area contributed by atoms with Gasteiger partial charge in [0.05, 0.1) is 16.3 Å². The Morgan fingerprint density at radius 2 is 2.13 bits per heavy atom. The summed E-state index contributed by atoms with van der Waals surface area (Å²) in [6.07, 6.45) is 0. The molecular formula is C13H10ClN5O2S2. The summed E-state index contributed by atoms with van der Waals surface area (Å²) in [5.74, 6) is 0.227. The molecule has 0 aliphatic heterocycles. The van der Waals surface area contributed by atoms with Crippen LogP contribution in [-0.2, 0) is 4.79 Å². The van der Waals surface area contributed by atoms with Crippen molar-refractivity contribution in [1.29, 1.82) is 0 Å². The van der Waals surface area contributed by atoms with E-state index in [1.54, 1.807) is 12.1 Å². The van der Waals surface area contributed by atoms with E-state index in [2.05, 4.69) is 25.7 Å². The molecule has 1 amide bonds. The van der Waals surface area contributed by atoms with Crippen molar-refractivity contribution in [3.63, 3.8) is 0 Å². The van der Waals surface area contributed by atoms with E-state index in [1.165, 1.54) is 11.3 Å². The van der Waals surface area contributed by atoms with Crippen molar-refractivity contribution in [3.05, 3.63) is 34.3 Å². The van der Waals surface area contributed by atoms with Crippen LogP contribution in [0.25, 0.3) is 11.5 Å². The quantitative estimate of drug-likeness (QED) is 0.691. The first-order chi connectivity index (χ1) is 11.1. The maximum Gasteiger partial charge on any atom is 0.277 e. The number of carbonyl (C=O) groups excluding carboxylic acids is 1. The standard InChI is InChI=1S/C13H10ClN5O2S2/c1-7-16-18-12(23-7)15-10(20)6-22-13-19-17-11(21-13)8-4-2-3-5-9(8)14/h2-5H,6H2,1H3,(H,15,18,20). The third-order valence-corrected chi connectivity index (χ3v) is 4.51. The van der Waals surface area contributed by atoms with Gasteiger partial charge in [-0.25, -0.2) is 0 Å². The highest BCUT2D eigenvalue weighted by atomic mass is 35.5. The fourth-order valence-corrected chi connectivity index (χ4v) is 3.03. The van der Waals surface area contributed by atoms with Crippen molar-refractivity contribution in [1.82, 2.24) is 20.4 Å². The zero-order valence-electron chi connectivity index (χ0n) is 11.8. The third-order valence-electron chi connectivity index (χ3n) is 2.61. The van der Waals surface area contributed by atoms with E-state index in [0.29, 0.717) is 26.8 Å². The lowest BCUT2D eigenvalue weighted by atomic mass is 10.2. The monoisotopic (exact) mass is 367 g/mol. The highest BCUT2D eigenvalue weighted by molar-refractivity contribution is 7.99. The van der Waals surface area contributed by atoms with Crippen molar-refractivity contribution >= 4 is 45.7 Å². The number of nitrogens with one attached hydrogen (secondary N) is 1. The summed E-state index contributed by atoms with van der Waals surface area (Å²) in [6.45, 7) is 1.82. The number of hydrogen-bond acceptors (Lipinski definition) is 8. The van der Waals surface area contributed by atoms with Gasteiger partial charge in [0.15, 0.2) is 0 Å². The van der Waals surface area contributed by atoms with Crippen molar-refractivity contribution in [2.75, 3.05) is 11.1 Å². The number of hydrogen-bond donors (Lipinski definition) is 1. The molecule has 1 N–H and O–H groups in total. The maximum atomic E-state index is 11.8. The molecule has 0 atom stereocenters. The van der Waals surface area contributed by atoms with Gasteiger partial charge < -0.3 is 4.42 Å². The molecule has 23 heavy (non-hydrogen) atoms. The Morgan fingerprint density at radius 3 is 2.87 bits per heavy atom. The van der Waals surface area contributed by atoms with Crippen molar-refractivity contribution in [2.24, 2.45) is 0 Å². The molecule has 0 aliphatic rings. The molecule has 0 fully saturated rings. The molecular weight excluding hydrogens is 358 g/mol. The van der Waals surface area contributed by atoms with Gasteiger partial charge in [0.2, 0.25) is 16.9 Å². The second kappa shape index (κ2) is 7.07. The van der Waals surface area contributed by atoms with E-state index in [4.69, 9.17) is 16.0 Å². The van der Waals surface area contributed by atoms with Crippen LogP contribution in [0.5, 0.6) is 0 Å². The SMILES string of the molecule is Cc1nnc(NC(=O)CSc2nnc(-c3ccccc3Cl)o2)s1. The number of carbonyl (C=O) groups is 1. The van der Waals surface area contributed by atoms with E-state index >= 15 is 0 Å². The Bertz CT molecular complexity index is 835. The normalized spacial score (nSPS) is 10.7. The molecule has 3 aromatic rings. The van der Waals surface area contributed by atoms with Crippen LogP contribution in [0.4, 0.5) is 5.13 Å². The first-order valence-electron chi connectivity index (χ1n) is 6.43. The summed E-state index contributed by atoms with van der Waals surface area (Å²) in [4.78, 5) is 11.8. The van der Waals surface area contributed by atoms with Crippen LogP contribution in [0.15, 0.2) is 33.9 Å². The number of rotatable bonds is 5. The number of benzene rings is 1. The molecule has 0 saturated carbocycles. The number of anilines is 1. The fraction of sp³-hybridized carbons (Fsp3) is 0.154. The van der Waals surface area contributed by atoms with Gasteiger partial charge >= 0.3 is 0 Å². The van der Waals surface area contributed by atoms with Gasteiger partial charge in [-0.1, -0.05) is 46.8 Å². The highest BCUT2D eigenvalue weighted by Gasteiger charge is 2.14. The Balaban J connectivity index is 1.59. The Hall–Kier alpha value is -1.97. The summed E-state index contributed by atoms with van der Waals surface area (Å²) >= 11 is 8.53. The van der Waals surface area contributed by atoms with E-state index in [1.807, 2.05) is 19.1 Å². The van der Waals surface area contributed by atoms with Gasteiger partial charge in [-0.2, -0.15) is 0 Å². The highest BCUT2D eigenvalue weighted by Crippen LogP contribution is 2.28. The summed E-state index contributed by atoms with van der Waals surface area (Å²) in [5.41, 5.74) is 0.655. The van der Waals surface area contributed by atoms with E-state index < -0.39 is 0 Å². The lowest BCUT2D eigenvalue weighted by Gasteiger charge is -1.98. The van der Waals surface area contributed by atoms with E-state index in [-0.39, 0.29) is 11.7 Å². The minimum Gasteiger partial charge on any atom is -0.411 e. The topological polar surface area (TPSA) is 93.8 Å². The first kappa shape index (κ1) is 15.9. The average Bonchev–Trinajstić information content (AvgIpc) is 3.15. The largest absolute Gasteiger partial charge is 0.411 e. The van der Waals surface area contributed by atoms with Crippen LogP contribution in [0.1, 0.15) is 5.01 Å². The van der Waals surface area contributed by atoms with Crippen LogP contribution in [-0.4, -0.2) is 32.1 Å². The maximum absolute atomic E-state index is 11.8. The molecule has 0 radical (unpaired) electrons. The van der Waals surface area contributed by atoms with E-state index in [0.717, 1.165) is 16.8 Å². The molecule has 0 spiro atoms. The van der Waals surface area contributed by atoms with Crippen LogP contribution >= 0.6 is 34.7 Å². The second-order valence-corrected chi connectivity index (χ2v) is 6.83. The Kier molecular flexibility index (Phi) is 4.89. The molecule has 2 aromatic heterocycles. The number of nitrogens with zero attached hydrogens (tertiary/aromatic N) is 4. The zero-order chi connectivity index (χ0) is 16.2. The number of halogens is 1. The molecule has 1 aromatic carbocycles. The van der Waals surface area contributed by atoms with Gasteiger partial charge in [0.25, 0.3) is 5.22 Å². The second-order valence-electron chi connectivity index (χ2n) is 4.32. The number of aromatic nitrogens is 4. The molecule has 0 saturated heterocycles. The van der Waals surface area contributed by atoms with Crippen LogP contribution in [0, 0.1) is 6.92 Å². The molecule has 118 valence electrons. The van der Waals surface area contributed by atoms with E-state index in [9.17, 15) is 4.79 Å². The fourth-order valence-electron chi connectivity index (χ4n) is 1.64. The summed E-state index contributed by atoms with van der Waals surface area (Å²) in [6, 6.07) is 7.17. The molecule has 0 bridgehead atoms. The van der Waals surface area contributed by atoms with Gasteiger partial charge in [-0.3, -0.25) is 10.1 Å². The lowest BCUT2D eigenvalue weighted by Crippen LogP contribution is -2.13. The summed E-state index contributed by atoms with van der Waals surface area (Å²) in [5, 5.41) is 20.2. The van der Waals surface area contributed by atoms with Gasteiger partial charge in [-0.05, 0) is 19.1 Å². The smallest absolute Gasteiger partial charge is 0.277 e. The molecule has 7 nitrogen and oxygen atoms in total. The molecule has 10 heteroatoms. The lowest BCUT2D eigenvalue weighted by molar-refractivity contribution is -0.113. The predicted molar refractivity (Wildman–Crippen MR) is 88.7 cm³/mol. The Labute approximate surface area is 144 Å². The molecule has 2 heterocycles. The minimum atomic E-state index is -0.219. The number of amides is 1. The Morgan fingerprint density at radius 1 is 1.30 bits per heavy atom. The zero-order valence-corrected chi connectivity index (χ0v) is 14.2. The third kappa shape index (κ3) is 4.06. The molecule has 3 rings (SSSR count). The molecule has 0 unspecified atom stereocenters. The van der Waals surface area contributed by atoms with Crippen molar-refractivity contribution < 1.29 is 9.21 Å². The van der Waals surface area contributed by atoms with Gasteiger partial charge in [0.1, 0.15) is 5.01 Å². The van der Waals surface area contributed by atoms with Crippen molar-refractivity contribution in [2.45, 2.75) is 12.1 Å². The van der Waals surface area contributed by atoms with Crippen molar-refractivity contribution in [3.8, 4) is 11.5 Å². The summed E-state index contributed by atoms with van der Waals surface area (Å²) < 4.78 is 5.51. The van der Waals surface area contributed by atoms with Crippen LogP contribution in [0.2, 0.25) is 5.02 Å². The average molecular weight is 368 g/mol. The number of aryl methyl sites for hydroxylation is 1. The van der Waals surface area contributed by atoms with Crippen LogP contribution < -0.4 is 5.32 Å². The van der Waals surface area contributed by atoms with Crippen LogP contribution in [0.3, 0.4) is 0 Å². The molecule has 0 aliphatic carbocycles. The summed E-state index contributed by atoms with van der Waals surface area (Å²) in [7, 11) is 0.